The van der Waals surface area contributed by atoms with Crippen LogP contribution >= 0.6 is 0 Å². The van der Waals surface area contributed by atoms with Gasteiger partial charge in [-0.25, -0.2) is 0 Å². The van der Waals surface area contributed by atoms with E-state index in [1.807, 2.05) is 43.3 Å². The highest BCUT2D eigenvalue weighted by Gasteiger charge is 2.03. The Morgan fingerprint density at radius 1 is 1.04 bits per heavy atom. The molecule has 0 radical (unpaired) electrons. The molecular weight excluding hydrogens is 328 g/mol. The van der Waals surface area contributed by atoms with Gasteiger partial charge in [0.05, 0.1) is 6.54 Å². The largest absolute Gasteiger partial charge is 0.492 e. The van der Waals surface area contributed by atoms with Crippen molar-refractivity contribution in [2.24, 2.45) is 4.99 Å². The van der Waals surface area contributed by atoms with E-state index in [9.17, 15) is 4.79 Å². The number of guanidine groups is 1. The molecule has 0 aromatic heterocycles. The van der Waals surface area contributed by atoms with E-state index in [2.05, 4.69) is 20.9 Å². The topological polar surface area (TPSA) is 74.8 Å². The predicted molar refractivity (Wildman–Crippen MR) is 105 cm³/mol. The van der Waals surface area contributed by atoms with Crippen LogP contribution in [0.3, 0.4) is 0 Å². The Kier molecular flexibility index (Phi) is 7.49. The molecule has 0 spiro atoms. The van der Waals surface area contributed by atoms with Gasteiger partial charge in [0, 0.05) is 26.2 Å². The molecule has 0 fully saturated rings. The van der Waals surface area contributed by atoms with E-state index in [1.54, 1.807) is 26.2 Å². The number of hydrogen-bond donors (Lipinski definition) is 3. The number of carbonyl (C=O) groups excluding carboxylic acids is 1. The summed E-state index contributed by atoms with van der Waals surface area (Å²) in [4.78, 5) is 15.7. The van der Waals surface area contributed by atoms with Crippen LogP contribution in [-0.4, -0.2) is 39.1 Å². The molecule has 3 N–H and O–H groups in total. The van der Waals surface area contributed by atoms with Gasteiger partial charge in [-0.3, -0.25) is 9.79 Å². The highest BCUT2D eigenvalue weighted by Crippen LogP contribution is 2.10. The van der Waals surface area contributed by atoms with Gasteiger partial charge in [-0.15, -0.1) is 0 Å². The summed E-state index contributed by atoms with van der Waals surface area (Å²) in [5.41, 5.74) is 2.92. The number of carbonyl (C=O) groups is 1. The maximum atomic E-state index is 11.5. The number of aryl methyl sites for hydroxylation is 1. The van der Waals surface area contributed by atoms with Crippen molar-refractivity contribution < 1.29 is 9.53 Å². The third kappa shape index (κ3) is 6.12. The van der Waals surface area contributed by atoms with Crippen LogP contribution in [0.25, 0.3) is 0 Å². The van der Waals surface area contributed by atoms with Crippen LogP contribution in [0.5, 0.6) is 5.75 Å². The molecular formula is C20H26N4O2. The minimum atomic E-state index is -0.0874. The fraction of sp³-hybridized carbons (Fsp3) is 0.300. The van der Waals surface area contributed by atoms with Crippen LogP contribution in [0.15, 0.2) is 53.5 Å². The van der Waals surface area contributed by atoms with E-state index < -0.39 is 0 Å². The molecule has 0 unspecified atom stereocenters. The quantitative estimate of drug-likeness (QED) is 0.404. The number of benzene rings is 2. The van der Waals surface area contributed by atoms with Gasteiger partial charge in [0.2, 0.25) is 0 Å². The average Bonchev–Trinajstić information content (AvgIpc) is 2.68. The molecule has 0 aliphatic carbocycles. The van der Waals surface area contributed by atoms with Gasteiger partial charge in [0.25, 0.3) is 5.91 Å². The summed E-state index contributed by atoms with van der Waals surface area (Å²) in [5, 5.41) is 9.05. The van der Waals surface area contributed by atoms with Crippen LogP contribution in [0.2, 0.25) is 0 Å². The smallest absolute Gasteiger partial charge is 0.251 e. The second-order valence-electron chi connectivity index (χ2n) is 5.79. The molecule has 0 saturated carbocycles. The van der Waals surface area contributed by atoms with Crippen LogP contribution in [0.4, 0.5) is 0 Å². The standard InChI is InChI=1S/C20H26N4O2/c1-15-4-10-18(11-5-15)26-13-12-23-20(22-3)24-14-16-6-8-17(9-7-16)19(25)21-2/h4-11H,12-14H2,1-3H3,(H,21,25)(H2,22,23,24). The van der Waals surface area contributed by atoms with Crippen LogP contribution in [0.1, 0.15) is 21.5 Å². The average molecular weight is 354 g/mol. The first-order valence-electron chi connectivity index (χ1n) is 8.57. The number of hydrogen-bond acceptors (Lipinski definition) is 3. The number of aliphatic imine (C=N–C) groups is 1. The molecule has 6 nitrogen and oxygen atoms in total. The summed E-state index contributed by atoms with van der Waals surface area (Å²) in [6, 6.07) is 15.4. The molecule has 0 aliphatic heterocycles. The molecule has 2 rings (SSSR count). The Bertz CT molecular complexity index is 724. The lowest BCUT2D eigenvalue weighted by Crippen LogP contribution is -2.38. The first kappa shape index (κ1) is 19.3. The Morgan fingerprint density at radius 2 is 1.73 bits per heavy atom. The lowest BCUT2D eigenvalue weighted by Gasteiger charge is -2.13. The van der Waals surface area contributed by atoms with Crippen LogP contribution < -0.4 is 20.7 Å². The molecule has 0 heterocycles. The van der Waals surface area contributed by atoms with Gasteiger partial charge >= 0.3 is 0 Å². The van der Waals surface area contributed by atoms with Crippen molar-refractivity contribution in [1.29, 1.82) is 0 Å². The zero-order valence-electron chi connectivity index (χ0n) is 15.5. The van der Waals surface area contributed by atoms with Crippen molar-refractivity contribution in [2.75, 3.05) is 27.2 Å². The Morgan fingerprint density at radius 3 is 2.35 bits per heavy atom. The van der Waals surface area contributed by atoms with Gasteiger partial charge in [-0.2, -0.15) is 0 Å². The fourth-order valence-corrected chi connectivity index (χ4v) is 2.30. The van der Waals surface area contributed by atoms with Gasteiger partial charge in [0.1, 0.15) is 12.4 Å². The van der Waals surface area contributed by atoms with Crippen molar-refractivity contribution in [3.05, 3.63) is 65.2 Å². The minimum absolute atomic E-state index is 0.0874. The zero-order chi connectivity index (χ0) is 18.8. The van der Waals surface area contributed by atoms with Crippen molar-refractivity contribution in [2.45, 2.75) is 13.5 Å². The Balaban J connectivity index is 1.72. The Hall–Kier alpha value is -3.02. The van der Waals surface area contributed by atoms with Crippen molar-refractivity contribution >= 4 is 11.9 Å². The Labute approximate surface area is 154 Å². The molecule has 26 heavy (non-hydrogen) atoms. The molecule has 0 bridgehead atoms. The molecule has 138 valence electrons. The predicted octanol–water partition coefficient (Wildman–Crippen LogP) is 2.10. The van der Waals surface area contributed by atoms with Gasteiger partial charge < -0.3 is 20.7 Å². The molecule has 1 amide bonds. The summed E-state index contributed by atoms with van der Waals surface area (Å²) in [6.07, 6.45) is 0. The number of ether oxygens (including phenoxy) is 1. The first-order chi connectivity index (χ1) is 12.6. The second-order valence-corrected chi connectivity index (χ2v) is 5.79. The number of nitrogens with zero attached hydrogens (tertiary/aromatic N) is 1. The summed E-state index contributed by atoms with van der Waals surface area (Å²) in [5.74, 6) is 1.47. The van der Waals surface area contributed by atoms with Crippen molar-refractivity contribution in [3.8, 4) is 5.75 Å². The maximum absolute atomic E-state index is 11.5. The lowest BCUT2D eigenvalue weighted by molar-refractivity contribution is 0.0963. The SMILES string of the molecule is CN=C(NCCOc1ccc(C)cc1)NCc1ccc(C(=O)NC)cc1. The van der Waals surface area contributed by atoms with E-state index in [-0.39, 0.29) is 5.91 Å². The number of amides is 1. The fourth-order valence-electron chi connectivity index (χ4n) is 2.30. The minimum Gasteiger partial charge on any atom is -0.492 e. The second kappa shape index (κ2) is 10.1. The van der Waals surface area contributed by atoms with E-state index >= 15 is 0 Å². The van der Waals surface area contributed by atoms with Gasteiger partial charge in [-0.05, 0) is 36.8 Å². The summed E-state index contributed by atoms with van der Waals surface area (Å²) in [6.45, 7) is 3.85. The van der Waals surface area contributed by atoms with Crippen molar-refractivity contribution in [1.82, 2.24) is 16.0 Å². The van der Waals surface area contributed by atoms with E-state index in [0.29, 0.717) is 31.2 Å². The molecule has 2 aromatic rings. The molecule has 0 atom stereocenters. The summed E-state index contributed by atoms with van der Waals surface area (Å²) >= 11 is 0. The normalized spacial score (nSPS) is 11.0. The monoisotopic (exact) mass is 354 g/mol. The van der Waals surface area contributed by atoms with E-state index in [0.717, 1.165) is 11.3 Å². The van der Waals surface area contributed by atoms with E-state index in [4.69, 9.17) is 4.74 Å². The zero-order valence-corrected chi connectivity index (χ0v) is 15.5. The molecule has 0 aliphatic rings. The van der Waals surface area contributed by atoms with Gasteiger partial charge in [-0.1, -0.05) is 29.8 Å². The highest BCUT2D eigenvalue weighted by atomic mass is 16.5. The van der Waals surface area contributed by atoms with Gasteiger partial charge in [0.15, 0.2) is 5.96 Å². The first-order valence-corrected chi connectivity index (χ1v) is 8.57. The third-order valence-corrected chi connectivity index (χ3v) is 3.81. The lowest BCUT2D eigenvalue weighted by atomic mass is 10.1. The molecule has 6 heteroatoms. The molecule has 2 aromatic carbocycles. The highest BCUT2D eigenvalue weighted by molar-refractivity contribution is 5.93. The number of nitrogens with one attached hydrogen (secondary N) is 3. The van der Waals surface area contributed by atoms with Crippen LogP contribution in [0, 0.1) is 6.92 Å². The summed E-state index contributed by atoms with van der Waals surface area (Å²) in [7, 11) is 3.35. The summed E-state index contributed by atoms with van der Waals surface area (Å²) < 4.78 is 5.68. The maximum Gasteiger partial charge on any atom is 0.251 e. The van der Waals surface area contributed by atoms with Crippen molar-refractivity contribution in [3.63, 3.8) is 0 Å². The van der Waals surface area contributed by atoms with Crippen LogP contribution in [-0.2, 0) is 6.54 Å². The number of rotatable bonds is 7. The van der Waals surface area contributed by atoms with E-state index in [1.165, 1.54) is 5.56 Å². The molecule has 0 saturated heterocycles. The third-order valence-electron chi connectivity index (χ3n) is 3.81.